The van der Waals surface area contributed by atoms with Crippen LogP contribution in [0.25, 0.3) is 0 Å². The van der Waals surface area contributed by atoms with Gasteiger partial charge in [0.25, 0.3) is 0 Å². The van der Waals surface area contributed by atoms with E-state index in [1.807, 2.05) is 13.1 Å². The number of halogens is 1. The molecule has 4 heteroatoms. The van der Waals surface area contributed by atoms with Gasteiger partial charge in [-0.3, -0.25) is 0 Å². The molecule has 19 heavy (non-hydrogen) atoms. The van der Waals surface area contributed by atoms with E-state index in [1.165, 1.54) is 17.7 Å². The van der Waals surface area contributed by atoms with Crippen molar-refractivity contribution in [2.45, 2.75) is 51.2 Å². The first-order valence-corrected chi connectivity index (χ1v) is 8.43. The molecule has 3 unspecified atom stereocenters. The molecule has 0 spiro atoms. The number of rotatable bonds is 5. The van der Waals surface area contributed by atoms with E-state index >= 15 is 0 Å². The minimum atomic E-state index is -0.102. The second-order valence-electron chi connectivity index (χ2n) is 5.55. The zero-order valence-corrected chi connectivity index (χ0v) is 13.6. The Labute approximate surface area is 125 Å². The van der Waals surface area contributed by atoms with Gasteiger partial charge in [0.05, 0.1) is 16.7 Å². The largest absolute Gasteiger partial charge is 0.373 e. The molecule has 3 atom stereocenters. The molecule has 1 aromatic rings. The summed E-state index contributed by atoms with van der Waals surface area (Å²) in [4.78, 5) is 1.21. The smallest absolute Gasteiger partial charge is 0.0887 e. The van der Waals surface area contributed by atoms with Crippen LogP contribution in [0.1, 0.15) is 50.4 Å². The van der Waals surface area contributed by atoms with E-state index in [4.69, 9.17) is 16.3 Å². The number of hydrogen-bond donors (Lipinski definition) is 1. The van der Waals surface area contributed by atoms with Crippen molar-refractivity contribution in [3.8, 4) is 0 Å². The second kappa shape index (κ2) is 6.57. The van der Waals surface area contributed by atoms with E-state index in [2.05, 4.69) is 24.5 Å². The number of nitrogens with one attached hydrogen (secondary N) is 1. The number of likely N-dealkylation sites (N-methyl/N-ethyl adjacent to an activating group) is 1. The van der Waals surface area contributed by atoms with E-state index in [9.17, 15) is 0 Å². The zero-order chi connectivity index (χ0) is 13.9. The van der Waals surface area contributed by atoms with Crippen molar-refractivity contribution in [2.24, 2.45) is 5.92 Å². The van der Waals surface area contributed by atoms with Crippen LogP contribution in [0.4, 0.5) is 0 Å². The molecule has 0 radical (unpaired) electrons. The summed E-state index contributed by atoms with van der Waals surface area (Å²) in [5.41, 5.74) is -0.102. The topological polar surface area (TPSA) is 21.3 Å². The van der Waals surface area contributed by atoms with Gasteiger partial charge in [0, 0.05) is 11.5 Å². The van der Waals surface area contributed by atoms with Gasteiger partial charge in [0.15, 0.2) is 0 Å². The summed E-state index contributed by atoms with van der Waals surface area (Å²) in [6, 6.07) is 2.18. The van der Waals surface area contributed by atoms with Crippen LogP contribution in [0.15, 0.2) is 11.4 Å². The Morgan fingerprint density at radius 1 is 1.63 bits per heavy atom. The third-order valence-corrected chi connectivity index (χ3v) is 5.57. The minimum absolute atomic E-state index is 0.102. The van der Waals surface area contributed by atoms with Crippen molar-refractivity contribution in [1.29, 1.82) is 0 Å². The molecular weight excluding hydrogens is 278 g/mol. The number of thiophene rings is 1. The third kappa shape index (κ3) is 3.15. The molecule has 1 N–H and O–H groups in total. The average Bonchev–Trinajstić information content (AvgIpc) is 2.77. The maximum atomic E-state index is 6.35. The van der Waals surface area contributed by atoms with Gasteiger partial charge >= 0.3 is 0 Å². The predicted octanol–water partition coefficient (Wildman–Crippen LogP) is 4.65. The Kier molecular flexibility index (Phi) is 5.29. The van der Waals surface area contributed by atoms with Crippen LogP contribution in [0, 0.1) is 5.92 Å². The Morgan fingerprint density at radius 3 is 2.95 bits per heavy atom. The van der Waals surface area contributed by atoms with Crippen molar-refractivity contribution in [1.82, 2.24) is 5.32 Å². The van der Waals surface area contributed by atoms with Gasteiger partial charge in [0.1, 0.15) is 0 Å². The van der Waals surface area contributed by atoms with E-state index in [1.54, 1.807) is 11.3 Å². The monoisotopic (exact) mass is 301 g/mol. The lowest BCUT2D eigenvalue weighted by Crippen LogP contribution is -2.48. The molecule has 1 saturated carbocycles. The Hall–Kier alpha value is -0.0900. The van der Waals surface area contributed by atoms with Crippen molar-refractivity contribution < 1.29 is 4.74 Å². The van der Waals surface area contributed by atoms with Crippen LogP contribution in [0.2, 0.25) is 5.02 Å². The van der Waals surface area contributed by atoms with Gasteiger partial charge < -0.3 is 10.1 Å². The van der Waals surface area contributed by atoms with Gasteiger partial charge in [-0.1, -0.05) is 31.4 Å². The highest BCUT2D eigenvalue weighted by atomic mass is 35.5. The molecule has 1 aliphatic carbocycles. The van der Waals surface area contributed by atoms with Crippen molar-refractivity contribution in [3.63, 3.8) is 0 Å². The molecule has 1 aliphatic rings. The van der Waals surface area contributed by atoms with Crippen molar-refractivity contribution in [3.05, 3.63) is 21.3 Å². The number of ether oxygens (including phenoxy) is 1. The first-order chi connectivity index (χ1) is 9.13. The summed E-state index contributed by atoms with van der Waals surface area (Å²) in [5, 5.41) is 6.39. The van der Waals surface area contributed by atoms with Gasteiger partial charge in [-0.05, 0) is 44.2 Å². The first kappa shape index (κ1) is 15.3. The molecule has 2 rings (SSSR count). The predicted molar refractivity (Wildman–Crippen MR) is 83.1 cm³/mol. The molecule has 1 aromatic heterocycles. The Morgan fingerprint density at radius 2 is 2.42 bits per heavy atom. The standard InChI is InChI=1S/C15H24ClNOS/c1-4-18-15(8-5-6-11(2)10-15)14(17-3)13-12(16)7-9-19-13/h7,9,11,14,17H,4-6,8,10H2,1-3H3. The fourth-order valence-electron chi connectivity index (χ4n) is 3.45. The highest BCUT2D eigenvalue weighted by Crippen LogP contribution is 2.46. The Bertz CT molecular complexity index is 405. The lowest BCUT2D eigenvalue weighted by atomic mass is 9.74. The summed E-state index contributed by atoms with van der Waals surface area (Å²) < 4.78 is 6.26. The normalized spacial score (nSPS) is 29.4. The molecule has 0 amide bonds. The lowest BCUT2D eigenvalue weighted by molar-refractivity contribution is -0.0996. The summed E-state index contributed by atoms with van der Waals surface area (Å²) in [6.45, 7) is 5.17. The summed E-state index contributed by atoms with van der Waals surface area (Å²) in [5.74, 6) is 0.717. The lowest BCUT2D eigenvalue weighted by Gasteiger charge is -2.45. The van der Waals surface area contributed by atoms with E-state index < -0.39 is 0 Å². The fraction of sp³-hybridized carbons (Fsp3) is 0.733. The highest BCUT2D eigenvalue weighted by molar-refractivity contribution is 7.10. The summed E-state index contributed by atoms with van der Waals surface area (Å²) in [6.07, 6.45) is 4.78. The van der Waals surface area contributed by atoms with E-state index in [-0.39, 0.29) is 11.6 Å². The van der Waals surface area contributed by atoms with Crippen LogP contribution in [-0.4, -0.2) is 19.3 Å². The number of hydrogen-bond acceptors (Lipinski definition) is 3. The molecule has 2 nitrogen and oxygen atoms in total. The van der Waals surface area contributed by atoms with Crippen molar-refractivity contribution >= 4 is 22.9 Å². The Balaban J connectivity index is 2.32. The quantitative estimate of drug-likeness (QED) is 0.855. The zero-order valence-electron chi connectivity index (χ0n) is 12.0. The van der Waals surface area contributed by atoms with Gasteiger partial charge in [-0.15, -0.1) is 11.3 Å². The second-order valence-corrected chi connectivity index (χ2v) is 6.91. The third-order valence-electron chi connectivity index (χ3n) is 4.14. The summed E-state index contributed by atoms with van der Waals surface area (Å²) >= 11 is 8.07. The van der Waals surface area contributed by atoms with E-state index in [0.717, 1.165) is 30.4 Å². The van der Waals surface area contributed by atoms with Gasteiger partial charge in [-0.2, -0.15) is 0 Å². The molecule has 0 saturated heterocycles. The molecule has 0 aliphatic heterocycles. The first-order valence-electron chi connectivity index (χ1n) is 7.17. The van der Waals surface area contributed by atoms with Crippen LogP contribution in [0.5, 0.6) is 0 Å². The minimum Gasteiger partial charge on any atom is -0.373 e. The molecule has 1 heterocycles. The fourth-order valence-corrected chi connectivity index (χ4v) is 4.83. The highest BCUT2D eigenvalue weighted by Gasteiger charge is 2.44. The van der Waals surface area contributed by atoms with Crippen LogP contribution >= 0.6 is 22.9 Å². The molecule has 1 fully saturated rings. The maximum Gasteiger partial charge on any atom is 0.0887 e. The molecule has 0 aromatic carbocycles. The van der Waals surface area contributed by atoms with Crippen LogP contribution < -0.4 is 5.32 Å². The maximum absolute atomic E-state index is 6.35. The van der Waals surface area contributed by atoms with Crippen LogP contribution in [-0.2, 0) is 4.74 Å². The van der Waals surface area contributed by atoms with Crippen molar-refractivity contribution in [2.75, 3.05) is 13.7 Å². The summed E-state index contributed by atoms with van der Waals surface area (Å²) in [7, 11) is 2.01. The molecule has 108 valence electrons. The van der Waals surface area contributed by atoms with Gasteiger partial charge in [-0.25, -0.2) is 0 Å². The SMILES string of the molecule is CCOC1(C(NC)c2sccc2Cl)CCCC(C)C1. The molecule has 0 bridgehead atoms. The van der Waals surface area contributed by atoms with E-state index in [0.29, 0.717) is 0 Å². The average molecular weight is 302 g/mol. The van der Waals surface area contributed by atoms with Crippen LogP contribution in [0.3, 0.4) is 0 Å². The van der Waals surface area contributed by atoms with Gasteiger partial charge in [0.2, 0.25) is 0 Å². The molecular formula is C15H24ClNOS.